The molecule has 2 aromatic carbocycles. The van der Waals surface area contributed by atoms with Gasteiger partial charge in [0.05, 0.1) is 13.1 Å². The number of carbonyl (C=O) groups excluding carboxylic acids is 2. The lowest BCUT2D eigenvalue weighted by Crippen LogP contribution is -2.35. The maximum absolute atomic E-state index is 11.7. The number of phenolic OH excluding ortho intramolecular Hbond substituents is 2. The number of carbonyl (C=O) groups is 4. The molecule has 0 saturated carbocycles. The molecule has 0 aromatic heterocycles. The Labute approximate surface area is 268 Å². The number of aliphatic carboxylic acids is 2. The van der Waals surface area contributed by atoms with E-state index in [-0.39, 0.29) is 64.2 Å². The molecule has 0 amide bonds. The number of aromatic hydroxyl groups is 2. The highest BCUT2D eigenvalue weighted by molar-refractivity contribution is 5.69. The van der Waals surface area contributed by atoms with Gasteiger partial charge in [0.1, 0.15) is 25.0 Å². The number of hydrogen-bond acceptors (Lipinski definition) is 12. The number of nitrogens with zero attached hydrogens (tertiary/aromatic N) is 4. The Morgan fingerprint density at radius 1 is 0.630 bits per heavy atom. The highest BCUT2D eigenvalue weighted by Gasteiger charge is 2.21. The van der Waals surface area contributed by atoms with E-state index in [9.17, 15) is 39.6 Å². The van der Waals surface area contributed by atoms with Crippen LogP contribution < -0.4 is 0 Å². The quantitative estimate of drug-likeness (QED) is 0.275. The third kappa shape index (κ3) is 11.6. The summed E-state index contributed by atoms with van der Waals surface area (Å²) >= 11 is 0. The number of fused-ring (bicyclic) bond motifs is 4. The Morgan fingerprint density at radius 3 is 1.24 bits per heavy atom. The van der Waals surface area contributed by atoms with E-state index in [1.807, 2.05) is 35.8 Å². The van der Waals surface area contributed by atoms with E-state index in [2.05, 4.69) is 0 Å². The van der Waals surface area contributed by atoms with Gasteiger partial charge in [-0.1, -0.05) is 35.4 Å². The summed E-state index contributed by atoms with van der Waals surface area (Å²) in [5.41, 5.74) is 3.97. The van der Waals surface area contributed by atoms with Crippen molar-refractivity contribution < 1.29 is 49.1 Å². The predicted molar refractivity (Wildman–Crippen MR) is 166 cm³/mol. The van der Waals surface area contributed by atoms with E-state index < -0.39 is 11.9 Å². The Bertz CT molecular complexity index is 1260. The molecule has 1 aliphatic heterocycles. The minimum absolute atomic E-state index is 0.0179. The Kier molecular flexibility index (Phi) is 14.2. The van der Waals surface area contributed by atoms with Crippen LogP contribution in [0.3, 0.4) is 0 Å². The van der Waals surface area contributed by atoms with Gasteiger partial charge in [0.25, 0.3) is 12.9 Å². The van der Waals surface area contributed by atoms with Crippen molar-refractivity contribution in [1.29, 1.82) is 0 Å². The van der Waals surface area contributed by atoms with E-state index in [1.54, 1.807) is 21.9 Å². The third-order valence-electron chi connectivity index (χ3n) is 7.67. The minimum Gasteiger partial charge on any atom is -0.507 e. The molecule has 4 N–H and O–H groups in total. The lowest BCUT2D eigenvalue weighted by molar-refractivity contribution is -0.139. The number of aryl methyl sites for hydroxylation is 2. The molecule has 14 heteroatoms. The van der Waals surface area contributed by atoms with Gasteiger partial charge in [-0.3, -0.25) is 38.8 Å². The van der Waals surface area contributed by atoms with Gasteiger partial charge in [-0.2, -0.15) is 0 Å². The molecule has 0 fully saturated rings. The van der Waals surface area contributed by atoms with E-state index in [0.717, 1.165) is 11.1 Å². The first kappa shape index (κ1) is 36.2. The van der Waals surface area contributed by atoms with Crippen molar-refractivity contribution in [3.63, 3.8) is 0 Å². The molecule has 1 aliphatic rings. The fourth-order valence-corrected chi connectivity index (χ4v) is 5.81. The van der Waals surface area contributed by atoms with Crippen molar-refractivity contribution in [2.45, 2.75) is 52.9 Å². The number of benzene rings is 2. The molecule has 0 atom stereocenters. The lowest BCUT2D eigenvalue weighted by atomic mass is 10.0. The number of rotatable bonds is 10. The number of carboxylic acids is 2. The molecule has 0 aliphatic carbocycles. The summed E-state index contributed by atoms with van der Waals surface area (Å²) in [6.07, 6.45) is 0.967. The van der Waals surface area contributed by atoms with E-state index in [1.165, 1.54) is 0 Å². The van der Waals surface area contributed by atoms with Crippen molar-refractivity contribution >= 4 is 24.9 Å². The lowest BCUT2D eigenvalue weighted by Gasteiger charge is -2.28. The van der Waals surface area contributed by atoms with Crippen molar-refractivity contribution in [2.75, 3.05) is 52.7 Å². The summed E-state index contributed by atoms with van der Waals surface area (Å²) in [7, 11) is 0. The summed E-state index contributed by atoms with van der Waals surface area (Å²) in [6.45, 7) is 6.08. The second-order valence-corrected chi connectivity index (χ2v) is 11.7. The Morgan fingerprint density at radius 2 is 0.935 bits per heavy atom. The molecule has 252 valence electrons. The van der Waals surface area contributed by atoms with E-state index in [4.69, 9.17) is 9.47 Å². The van der Waals surface area contributed by atoms with Crippen LogP contribution in [0.2, 0.25) is 0 Å². The molecule has 14 nitrogen and oxygen atoms in total. The molecular formula is C32H44N4O10. The van der Waals surface area contributed by atoms with Gasteiger partial charge < -0.3 is 29.9 Å². The average molecular weight is 645 g/mol. The first-order valence-corrected chi connectivity index (χ1v) is 15.0. The fourth-order valence-electron chi connectivity index (χ4n) is 5.81. The molecule has 2 aromatic rings. The molecule has 3 rings (SSSR count). The summed E-state index contributed by atoms with van der Waals surface area (Å²) in [6, 6.07) is 7.25. The minimum atomic E-state index is -1.04. The van der Waals surface area contributed by atoms with Crippen molar-refractivity contribution in [1.82, 2.24) is 19.6 Å². The predicted octanol–water partition coefficient (Wildman–Crippen LogP) is 1.85. The van der Waals surface area contributed by atoms with Crippen LogP contribution in [0.5, 0.6) is 11.5 Å². The van der Waals surface area contributed by atoms with Gasteiger partial charge in [0.2, 0.25) is 0 Å². The van der Waals surface area contributed by atoms with Gasteiger partial charge in [-0.25, -0.2) is 0 Å². The molecular weight excluding hydrogens is 600 g/mol. The molecule has 0 unspecified atom stereocenters. The van der Waals surface area contributed by atoms with Crippen molar-refractivity contribution in [3.8, 4) is 11.5 Å². The van der Waals surface area contributed by atoms with Crippen LogP contribution in [0.25, 0.3) is 0 Å². The number of phenols is 2. The molecule has 46 heavy (non-hydrogen) atoms. The van der Waals surface area contributed by atoms with Crippen LogP contribution in [0.4, 0.5) is 0 Å². The normalized spacial score (nSPS) is 16.7. The van der Waals surface area contributed by atoms with Crippen LogP contribution in [0.15, 0.2) is 24.3 Å². The van der Waals surface area contributed by atoms with Gasteiger partial charge in [-0.15, -0.1) is 0 Å². The van der Waals surface area contributed by atoms with Crippen LogP contribution in [-0.2, 0) is 54.8 Å². The zero-order valence-electron chi connectivity index (χ0n) is 26.4. The Balaban J connectivity index is 2.02. The maximum atomic E-state index is 11.7. The summed E-state index contributed by atoms with van der Waals surface area (Å²) in [5.74, 6) is -2.04. The van der Waals surface area contributed by atoms with Gasteiger partial charge in [0, 0.05) is 74.6 Å². The van der Waals surface area contributed by atoms with Crippen LogP contribution in [0, 0.1) is 13.8 Å². The van der Waals surface area contributed by atoms with Crippen LogP contribution >= 0.6 is 0 Å². The van der Waals surface area contributed by atoms with E-state index in [0.29, 0.717) is 74.2 Å². The highest BCUT2D eigenvalue weighted by Crippen LogP contribution is 2.29. The summed E-state index contributed by atoms with van der Waals surface area (Å²) < 4.78 is 10.1. The maximum Gasteiger partial charge on any atom is 0.317 e. The topological polar surface area (TPSA) is 181 Å². The Hall–Kier alpha value is -4.24. The first-order chi connectivity index (χ1) is 22.0. The van der Waals surface area contributed by atoms with Gasteiger partial charge in [0.15, 0.2) is 0 Å². The molecule has 0 spiro atoms. The van der Waals surface area contributed by atoms with Gasteiger partial charge >= 0.3 is 11.9 Å². The molecule has 4 bridgehead atoms. The molecule has 1 heterocycles. The number of hydrogen-bond donors (Lipinski definition) is 4. The molecule has 0 radical (unpaired) electrons. The summed E-state index contributed by atoms with van der Waals surface area (Å²) in [4.78, 5) is 52.6. The largest absolute Gasteiger partial charge is 0.507 e. The standard InChI is InChI=1S/C32H44N4O10/c1-23-9-25-13-33(17-29(39)40)5-3-6-34(18-30(41)42)14-26-10-24(2)12-28(32(26)44)16-36(20-46-22-38)8-4-7-35(19-45-21-37)15-27(11-23)31(25)43/h9-12,21-22,43-44H,3-8,13-20H2,1-2H3,(H,39,40)(H,41,42). The van der Waals surface area contributed by atoms with Crippen LogP contribution in [-0.4, -0.2) is 118 Å². The fraction of sp³-hybridized carbons (Fsp3) is 0.500. The highest BCUT2D eigenvalue weighted by atomic mass is 16.5. The van der Waals surface area contributed by atoms with Crippen molar-refractivity contribution in [2.24, 2.45) is 0 Å². The third-order valence-corrected chi connectivity index (χ3v) is 7.67. The van der Waals surface area contributed by atoms with Crippen molar-refractivity contribution in [3.05, 3.63) is 57.6 Å². The SMILES string of the molecule is Cc1cc2c(O)c(c1)CN(CC(=O)O)CCCN(CC(=O)O)Cc1cc(C)cc(c1O)CN(COC=O)CCCN(COC=O)C2. The zero-order valence-corrected chi connectivity index (χ0v) is 26.4. The smallest absolute Gasteiger partial charge is 0.317 e. The number of ether oxygens (including phenoxy) is 2. The number of carboxylic acid groups (broad SMARTS) is 2. The van der Waals surface area contributed by atoms with Gasteiger partial charge in [-0.05, 0) is 26.7 Å². The zero-order chi connectivity index (χ0) is 33.6. The first-order valence-electron chi connectivity index (χ1n) is 15.0. The molecule has 0 saturated heterocycles. The van der Waals surface area contributed by atoms with E-state index >= 15 is 0 Å². The second-order valence-electron chi connectivity index (χ2n) is 11.7. The average Bonchev–Trinajstić information content (AvgIpc) is 2.97. The van der Waals surface area contributed by atoms with Crippen LogP contribution in [0.1, 0.15) is 46.2 Å². The second kappa shape index (κ2) is 18.0. The summed E-state index contributed by atoms with van der Waals surface area (Å²) in [5, 5.41) is 41.7. The monoisotopic (exact) mass is 644 g/mol.